The molecule has 0 aromatic heterocycles. The fraction of sp³-hybridized carbons (Fsp3) is 0.130. The molecule has 0 unspecified atom stereocenters. The van der Waals surface area contributed by atoms with Gasteiger partial charge in [-0.1, -0.05) is 42.5 Å². The van der Waals surface area contributed by atoms with Crippen molar-refractivity contribution in [1.29, 1.82) is 0 Å². The first-order chi connectivity index (χ1) is 14.2. The van der Waals surface area contributed by atoms with Crippen molar-refractivity contribution in [3.05, 3.63) is 90.0 Å². The summed E-state index contributed by atoms with van der Waals surface area (Å²) in [5, 5.41) is 2.75. The molecule has 0 atom stereocenters. The highest BCUT2D eigenvalue weighted by Gasteiger charge is 2.17. The van der Waals surface area contributed by atoms with Crippen molar-refractivity contribution >= 4 is 17.6 Å². The molecule has 3 aromatic carbocycles. The molecule has 1 N–H and O–H groups in total. The number of carbonyl (C=O) groups excluding carboxylic acids is 2. The molecule has 0 saturated carbocycles. The minimum atomic E-state index is -0.525. The minimum absolute atomic E-state index is 0.276. The standard InChI is InChI=1S/C23H21NO5/c1-27-23(26)18-11-5-7-13-20(18)24-22(25)19-12-6-8-14-21(19)29-16-15-28-17-9-3-2-4-10-17/h2-14H,15-16H2,1H3,(H,24,25). The lowest BCUT2D eigenvalue weighted by Crippen LogP contribution is -2.17. The number of ether oxygens (including phenoxy) is 3. The average Bonchev–Trinajstić information content (AvgIpc) is 2.77. The Hall–Kier alpha value is -3.80. The predicted molar refractivity (Wildman–Crippen MR) is 110 cm³/mol. The first-order valence-electron chi connectivity index (χ1n) is 9.07. The number of nitrogens with one attached hydrogen (secondary N) is 1. The molecule has 0 spiro atoms. The Morgan fingerprint density at radius 1 is 0.759 bits per heavy atom. The van der Waals surface area contributed by atoms with Gasteiger partial charge >= 0.3 is 5.97 Å². The van der Waals surface area contributed by atoms with Gasteiger partial charge in [-0.3, -0.25) is 4.79 Å². The van der Waals surface area contributed by atoms with Crippen LogP contribution >= 0.6 is 0 Å². The molecular formula is C23H21NO5. The number of methoxy groups -OCH3 is 1. The first-order valence-corrected chi connectivity index (χ1v) is 9.07. The van der Waals surface area contributed by atoms with E-state index in [0.717, 1.165) is 5.75 Å². The Morgan fingerprint density at radius 3 is 2.14 bits per heavy atom. The van der Waals surface area contributed by atoms with Crippen LogP contribution in [0.25, 0.3) is 0 Å². The molecule has 0 saturated heterocycles. The third-order valence-electron chi connectivity index (χ3n) is 4.07. The average molecular weight is 391 g/mol. The van der Waals surface area contributed by atoms with Crippen molar-refractivity contribution in [3.63, 3.8) is 0 Å². The Balaban J connectivity index is 1.65. The third-order valence-corrected chi connectivity index (χ3v) is 4.07. The Kier molecular flexibility index (Phi) is 6.84. The molecule has 0 heterocycles. The van der Waals surface area contributed by atoms with Crippen molar-refractivity contribution in [2.75, 3.05) is 25.6 Å². The summed E-state index contributed by atoms with van der Waals surface area (Å²) in [7, 11) is 1.29. The molecule has 0 bridgehead atoms. The van der Waals surface area contributed by atoms with Crippen molar-refractivity contribution in [2.45, 2.75) is 0 Å². The van der Waals surface area contributed by atoms with Gasteiger partial charge in [0.05, 0.1) is 23.9 Å². The van der Waals surface area contributed by atoms with Crippen LogP contribution in [0.4, 0.5) is 5.69 Å². The van der Waals surface area contributed by atoms with E-state index in [-0.39, 0.29) is 18.1 Å². The molecule has 1 amide bonds. The molecule has 0 aliphatic heterocycles. The summed E-state index contributed by atoms with van der Waals surface area (Å²) in [6.07, 6.45) is 0. The van der Waals surface area contributed by atoms with Gasteiger partial charge in [-0.05, 0) is 36.4 Å². The summed E-state index contributed by atoms with van der Waals surface area (Å²) < 4.78 is 16.1. The van der Waals surface area contributed by atoms with Crippen LogP contribution in [0.15, 0.2) is 78.9 Å². The van der Waals surface area contributed by atoms with E-state index in [1.165, 1.54) is 7.11 Å². The molecule has 0 fully saturated rings. The second-order valence-electron chi connectivity index (χ2n) is 6.00. The maximum absolute atomic E-state index is 12.8. The molecule has 3 aromatic rings. The molecule has 0 radical (unpaired) electrons. The number of hydrogen-bond donors (Lipinski definition) is 1. The van der Waals surface area contributed by atoms with Crippen LogP contribution in [0.1, 0.15) is 20.7 Å². The van der Waals surface area contributed by atoms with Gasteiger partial charge < -0.3 is 19.5 Å². The number of hydrogen-bond acceptors (Lipinski definition) is 5. The van der Waals surface area contributed by atoms with Gasteiger partial charge in [0.2, 0.25) is 0 Å². The highest BCUT2D eigenvalue weighted by Crippen LogP contribution is 2.22. The normalized spacial score (nSPS) is 10.1. The smallest absolute Gasteiger partial charge is 0.339 e. The number of benzene rings is 3. The summed E-state index contributed by atoms with van der Waals surface area (Å²) in [5.74, 6) is 0.267. The molecule has 6 heteroatoms. The highest BCUT2D eigenvalue weighted by atomic mass is 16.5. The van der Waals surface area contributed by atoms with Crippen molar-refractivity contribution in [3.8, 4) is 11.5 Å². The van der Waals surface area contributed by atoms with Gasteiger partial charge in [-0.2, -0.15) is 0 Å². The van der Waals surface area contributed by atoms with Gasteiger partial charge in [-0.15, -0.1) is 0 Å². The zero-order valence-electron chi connectivity index (χ0n) is 16.0. The van der Waals surface area contributed by atoms with E-state index in [1.807, 2.05) is 30.3 Å². The van der Waals surface area contributed by atoms with Crippen LogP contribution in [0, 0.1) is 0 Å². The second-order valence-corrected chi connectivity index (χ2v) is 6.00. The topological polar surface area (TPSA) is 73.9 Å². The van der Waals surface area contributed by atoms with Crippen LogP contribution in [0.3, 0.4) is 0 Å². The molecule has 3 rings (SSSR count). The lowest BCUT2D eigenvalue weighted by atomic mass is 10.1. The summed E-state index contributed by atoms with van der Waals surface area (Å²) in [4.78, 5) is 24.7. The third kappa shape index (κ3) is 5.35. The Morgan fingerprint density at radius 2 is 1.38 bits per heavy atom. The van der Waals surface area contributed by atoms with Crippen LogP contribution in [-0.4, -0.2) is 32.2 Å². The number of rotatable bonds is 8. The van der Waals surface area contributed by atoms with Crippen molar-refractivity contribution < 1.29 is 23.8 Å². The van der Waals surface area contributed by atoms with Crippen LogP contribution in [0.2, 0.25) is 0 Å². The fourth-order valence-corrected chi connectivity index (χ4v) is 2.68. The number of para-hydroxylation sites is 3. The highest BCUT2D eigenvalue weighted by molar-refractivity contribution is 6.09. The van der Waals surface area contributed by atoms with E-state index in [4.69, 9.17) is 14.2 Å². The number of anilines is 1. The monoisotopic (exact) mass is 391 g/mol. The predicted octanol–water partition coefficient (Wildman–Crippen LogP) is 4.18. The largest absolute Gasteiger partial charge is 0.490 e. The zero-order chi connectivity index (χ0) is 20.5. The maximum Gasteiger partial charge on any atom is 0.339 e. The Bertz CT molecular complexity index is 972. The van der Waals surface area contributed by atoms with E-state index >= 15 is 0 Å². The molecule has 0 aliphatic rings. The van der Waals surface area contributed by atoms with Gasteiger partial charge in [0.25, 0.3) is 5.91 Å². The summed E-state index contributed by atoms with van der Waals surface area (Å²) in [6.45, 7) is 0.614. The molecular weight excluding hydrogens is 370 g/mol. The maximum atomic E-state index is 12.8. The molecule has 0 aliphatic carbocycles. The fourth-order valence-electron chi connectivity index (χ4n) is 2.68. The number of carbonyl (C=O) groups is 2. The van der Waals surface area contributed by atoms with Crippen LogP contribution < -0.4 is 14.8 Å². The number of amides is 1. The summed E-state index contributed by atoms with van der Waals surface area (Å²) in [6, 6.07) is 23.0. The van der Waals surface area contributed by atoms with Crippen LogP contribution in [0.5, 0.6) is 11.5 Å². The van der Waals surface area contributed by atoms with Crippen molar-refractivity contribution in [1.82, 2.24) is 0 Å². The quantitative estimate of drug-likeness (QED) is 0.461. The second kappa shape index (κ2) is 9.94. The SMILES string of the molecule is COC(=O)c1ccccc1NC(=O)c1ccccc1OCCOc1ccccc1. The van der Waals surface area contributed by atoms with E-state index in [2.05, 4.69) is 5.32 Å². The van der Waals surface area contributed by atoms with Gasteiger partial charge in [0.15, 0.2) is 0 Å². The van der Waals surface area contributed by atoms with E-state index < -0.39 is 5.97 Å². The lowest BCUT2D eigenvalue weighted by Gasteiger charge is -2.13. The number of esters is 1. The minimum Gasteiger partial charge on any atom is -0.490 e. The lowest BCUT2D eigenvalue weighted by molar-refractivity contribution is 0.0602. The van der Waals surface area contributed by atoms with Crippen molar-refractivity contribution in [2.24, 2.45) is 0 Å². The van der Waals surface area contributed by atoms with Gasteiger partial charge in [0.1, 0.15) is 24.7 Å². The summed E-state index contributed by atoms with van der Waals surface area (Å²) >= 11 is 0. The molecule has 6 nitrogen and oxygen atoms in total. The van der Waals surface area contributed by atoms with Gasteiger partial charge in [-0.25, -0.2) is 4.79 Å². The van der Waals surface area contributed by atoms with Gasteiger partial charge in [0, 0.05) is 0 Å². The van der Waals surface area contributed by atoms with Crippen LogP contribution in [-0.2, 0) is 4.74 Å². The van der Waals surface area contributed by atoms with E-state index in [1.54, 1.807) is 48.5 Å². The molecule has 148 valence electrons. The summed E-state index contributed by atoms with van der Waals surface area (Å²) in [5.41, 5.74) is 0.997. The zero-order valence-corrected chi connectivity index (χ0v) is 16.0. The Labute approximate surface area is 169 Å². The first kappa shape index (κ1) is 19.9. The van der Waals surface area contributed by atoms with E-state index in [0.29, 0.717) is 23.6 Å². The van der Waals surface area contributed by atoms with E-state index in [9.17, 15) is 9.59 Å². The molecule has 29 heavy (non-hydrogen) atoms.